The lowest BCUT2D eigenvalue weighted by atomic mass is 9.99. The summed E-state index contributed by atoms with van der Waals surface area (Å²) in [6.45, 7) is 0. The molecule has 2 heterocycles. The van der Waals surface area contributed by atoms with Crippen LogP contribution in [-0.4, -0.2) is 23.2 Å². The standard InChI is InChI=1S/C18H13N3O3S/c1-24-15-5-3-2-4-11(15)12-7-14(21-17(20)13(12)8-19)16-6-10(9-25-16)18(22)23/h2-7,9H,1H3,(H2,20,21)(H,22,23). The minimum atomic E-state index is -1.01. The number of hydrogen-bond donors (Lipinski definition) is 2. The number of carboxylic acid groups (broad SMARTS) is 1. The molecule has 0 atom stereocenters. The summed E-state index contributed by atoms with van der Waals surface area (Å²) in [4.78, 5) is 16.0. The molecule has 124 valence electrons. The van der Waals surface area contributed by atoms with Gasteiger partial charge in [0.25, 0.3) is 0 Å². The lowest BCUT2D eigenvalue weighted by molar-refractivity contribution is 0.0697. The average Bonchev–Trinajstić information content (AvgIpc) is 3.11. The zero-order chi connectivity index (χ0) is 18.0. The molecule has 7 heteroatoms. The highest BCUT2D eigenvalue weighted by Gasteiger charge is 2.17. The van der Waals surface area contributed by atoms with Gasteiger partial charge in [-0.15, -0.1) is 11.3 Å². The molecule has 1 aromatic carbocycles. The van der Waals surface area contributed by atoms with Gasteiger partial charge in [0.15, 0.2) is 0 Å². The molecule has 3 rings (SSSR count). The number of thiophene rings is 1. The van der Waals surface area contributed by atoms with Gasteiger partial charge in [0, 0.05) is 16.5 Å². The zero-order valence-electron chi connectivity index (χ0n) is 13.2. The number of pyridine rings is 1. The number of carbonyl (C=O) groups is 1. The predicted molar refractivity (Wildman–Crippen MR) is 95.6 cm³/mol. The molecule has 0 aliphatic carbocycles. The number of ether oxygens (including phenoxy) is 1. The fourth-order valence-electron chi connectivity index (χ4n) is 2.47. The molecule has 0 bridgehead atoms. The fraction of sp³-hybridized carbons (Fsp3) is 0.0556. The molecule has 6 nitrogen and oxygen atoms in total. The van der Waals surface area contributed by atoms with Gasteiger partial charge in [-0.2, -0.15) is 5.26 Å². The van der Waals surface area contributed by atoms with Gasteiger partial charge in [-0.3, -0.25) is 0 Å². The highest BCUT2D eigenvalue weighted by atomic mass is 32.1. The SMILES string of the molecule is COc1ccccc1-c1cc(-c2cc(C(=O)O)cs2)nc(N)c1C#N. The van der Waals surface area contributed by atoms with E-state index in [1.807, 2.05) is 18.2 Å². The highest BCUT2D eigenvalue weighted by molar-refractivity contribution is 7.13. The quantitative estimate of drug-likeness (QED) is 0.743. The molecule has 2 aromatic heterocycles. The van der Waals surface area contributed by atoms with Crippen LogP contribution in [0.15, 0.2) is 41.8 Å². The minimum Gasteiger partial charge on any atom is -0.496 e. The van der Waals surface area contributed by atoms with Crippen LogP contribution in [0.1, 0.15) is 15.9 Å². The van der Waals surface area contributed by atoms with Gasteiger partial charge in [-0.25, -0.2) is 9.78 Å². The summed E-state index contributed by atoms with van der Waals surface area (Å²) < 4.78 is 5.37. The molecular weight excluding hydrogens is 338 g/mol. The molecule has 25 heavy (non-hydrogen) atoms. The Kier molecular flexibility index (Phi) is 4.37. The topological polar surface area (TPSA) is 109 Å². The number of carboxylic acids is 1. The van der Waals surface area contributed by atoms with Crippen molar-refractivity contribution in [2.75, 3.05) is 12.8 Å². The summed E-state index contributed by atoms with van der Waals surface area (Å²) in [5, 5.41) is 20.1. The van der Waals surface area contributed by atoms with Crippen molar-refractivity contribution in [2.24, 2.45) is 0 Å². The molecule has 0 fully saturated rings. The predicted octanol–water partition coefficient (Wildman–Crippen LogP) is 3.64. The maximum absolute atomic E-state index is 11.1. The molecule has 0 saturated heterocycles. The first-order chi connectivity index (χ1) is 12.0. The first kappa shape index (κ1) is 16.5. The molecule has 3 aromatic rings. The summed E-state index contributed by atoms with van der Waals surface area (Å²) in [7, 11) is 1.55. The summed E-state index contributed by atoms with van der Waals surface area (Å²) in [5.41, 5.74) is 8.23. The number of hydrogen-bond acceptors (Lipinski definition) is 6. The molecule has 0 saturated carbocycles. The zero-order valence-corrected chi connectivity index (χ0v) is 14.0. The summed E-state index contributed by atoms with van der Waals surface area (Å²) in [6, 6.07) is 12.6. The Balaban J connectivity index is 2.22. The summed E-state index contributed by atoms with van der Waals surface area (Å²) in [6.07, 6.45) is 0. The van der Waals surface area contributed by atoms with E-state index in [1.165, 1.54) is 22.8 Å². The second-order valence-electron chi connectivity index (χ2n) is 5.13. The molecule has 0 unspecified atom stereocenters. The van der Waals surface area contributed by atoms with Crippen LogP contribution in [0.4, 0.5) is 5.82 Å². The van der Waals surface area contributed by atoms with E-state index >= 15 is 0 Å². The van der Waals surface area contributed by atoms with Gasteiger partial charge in [-0.05, 0) is 18.2 Å². The Morgan fingerprint density at radius 1 is 1.32 bits per heavy atom. The molecule has 0 radical (unpaired) electrons. The monoisotopic (exact) mass is 351 g/mol. The second kappa shape index (κ2) is 6.63. The number of benzene rings is 1. The fourth-order valence-corrected chi connectivity index (χ4v) is 3.31. The first-order valence-electron chi connectivity index (χ1n) is 7.21. The largest absolute Gasteiger partial charge is 0.496 e. The maximum atomic E-state index is 11.1. The number of rotatable bonds is 4. The van der Waals surface area contributed by atoms with E-state index in [1.54, 1.807) is 19.2 Å². The number of para-hydroxylation sites is 1. The van der Waals surface area contributed by atoms with E-state index in [0.717, 1.165) is 0 Å². The van der Waals surface area contributed by atoms with Crippen molar-refractivity contribution in [1.29, 1.82) is 5.26 Å². The van der Waals surface area contributed by atoms with Gasteiger partial charge in [0.2, 0.25) is 0 Å². The van der Waals surface area contributed by atoms with Crippen LogP contribution in [-0.2, 0) is 0 Å². The number of nitriles is 1. The smallest absolute Gasteiger partial charge is 0.336 e. The van der Waals surface area contributed by atoms with E-state index in [-0.39, 0.29) is 16.9 Å². The van der Waals surface area contributed by atoms with Gasteiger partial charge < -0.3 is 15.6 Å². The van der Waals surface area contributed by atoms with E-state index in [9.17, 15) is 10.1 Å². The van der Waals surface area contributed by atoms with Gasteiger partial charge in [0.05, 0.1) is 23.2 Å². The molecule has 3 N–H and O–H groups in total. The van der Waals surface area contributed by atoms with Crippen molar-refractivity contribution >= 4 is 23.1 Å². The lowest BCUT2D eigenvalue weighted by Crippen LogP contribution is -2.00. The molecule has 0 aliphatic rings. The third-order valence-corrected chi connectivity index (χ3v) is 4.61. The van der Waals surface area contributed by atoms with Gasteiger partial charge in [0.1, 0.15) is 23.2 Å². The van der Waals surface area contributed by atoms with Crippen LogP contribution in [0, 0.1) is 11.3 Å². The Bertz CT molecular complexity index is 1010. The van der Waals surface area contributed by atoms with E-state index in [0.29, 0.717) is 27.4 Å². The van der Waals surface area contributed by atoms with Crippen LogP contribution >= 0.6 is 11.3 Å². The van der Waals surface area contributed by atoms with E-state index < -0.39 is 5.97 Å². The normalized spacial score (nSPS) is 10.2. The first-order valence-corrected chi connectivity index (χ1v) is 8.09. The molecular formula is C18H13N3O3S. The summed E-state index contributed by atoms with van der Waals surface area (Å²) in [5.74, 6) is -0.312. The maximum Gasteiger partial charge on any atom is 0.336 e. The average molecular weight is 351 g/mol. The molecule has 0 spiro atoms. The molecule has 0 amide bonds. The molecule has 0 aliphatic heterocycles. The summed E-state index contributed by atoms with van der Waals surface area (Å²) >= 11 is 1.25. The second-order valence-corrected chi connectivity index (χ2v) is 6.04. The van der Waals surface area contributed by atoms with Crippen molar-refractivity contribution in [3.05, 3.63) is 52.9 Å². The van der Waals surface area contributed by atoms with Crippen molar-refractivity contribution in [1.82, 2.24) is 4.98 Å². The van der Waals surface area contributed by atoms with Gasteiger partial charge in [-0.1, -0.05) is 18.2 Å². The number of nitrogens with zero attached hydrogens (tertiary/aromatic N) is 2. The van der Waals surface area contributed by atoms with Crippen LogP contribution < -0.4 is 10.5 Å². The third-order valence-electron chi connectivity index (χ3n) is 3.66. The Morgan fingerprint density at radius 3 is 2.72 bits per heavy atom. The van der Waals surface area contributed by atoms with Gasteiger partial charge >= 0.3 is 5.97 Å². The van der Waals surface area contributed by atoms with Crippen LogP contribution in [0.5, 0.6) is 5.75 Å². The highest BCUT2D eigenvalue weighted by Crippen LogP contribution is 2.37. The number of aromatic carboxylic acids is 1. The van der Waals surface area contributed by atoms with Crippen molar-refractivity contribution < 1.29 is 14.6 Å². The van der Waals surface area contributed by atoms with E-state index in [2.05, 4.69) is 11.1 Å². The Morgan fingerprint density at radius 2 is 2.08 bits per heavy atom. The number of anilines is 1. The third kappa shape index (κ3) is 3.03. The Labute approximate surface area is 147 Å². The number of nitrogens with two attached hydrogens (primary N) is 1. The number of aromatic nitrogens is 1. The van der Waals surface area contributed by atoms with Crippen LogP contribution in [0.3, 0.4) is 0 Å². The lowest BCUT2D eigenvalue weighted by Gasteiger charge is -2.12. The van der Waals surface area contributed by atoms with Crippen LogP contribution in [0.25, 0.3) is 21.7 Å². The van der Waals surface area contributed by atoms with E-state index in [4.69, 9.17) is 15.6 Å². The van der Waals surface area contributed by atoms with Crippen molar-refractivity contribution in [2.45, 2.75) is 0 Å². The van der Waals surface area contributed by atoms with Crippen LogP contribution in [0.2, 0.25) is 0 Å². The number of methoxy groups -OCH3 is 1. The van der Waals surface area contributed by atoms with Crippen molar-refractivity contribution in [3.63, 3.8) is 0 Å². The Hall–Kier alpha value is -3.37. The minimum absolute atomic E-state index is 0.0891. The van der Waals surface area contributed by atoms with Crippen molar-refractivity contribution in [3.8, 4) is 33.5 Å². The number of nitrogen functional groups attached to an aromatic ring is 1.